The van der Waals surface area contributed by atoms with E-state index in [1.165, 1.54) is 5.56 Å². The molecule has 0 aliphatic rings. The fraction of sp³-hybridized carbons (Fsp3) is 0.417. The minimum atomic E-state index is 0.243. The van der Waals surface area contributed by atoms with Gasteiger partial charge in [0.25, 0.3) is 0 Å². The largest absolute Gasteiger partial charge is 0.411 e. The molecule has 0 aliphatic heterocycles. The molecule has 1 N–H and O–H groups in total. The van der Waals surface area contributed by atoms with Crippen molar-refractivity contribution in [3.05, 3.63) is 35.4 Å². The Morgan fingerprint density at radius 1 is 1.29 bits per heavy atom. The topological polar surface area (TPSA) is 32.6 Å². The van der Waals surface area contributed by atoms with Crippen LogP contribution in [0.25, 0.3) is 0 Å². The molecule has 2 heteroatoms. The van der Waals surface area contributed by atoms with Crippen molar-refractivity contribution in [2.45, 2.75) is 27.2 Å². The average molecular weight is 191 g/mol. The third-order valence-electron chi connectivity index (χ3n) is 2.31. The molecule has 2 nitrogen and oxygen atoms in total. The fourth-order valence-electron chi connectivity index (χ4n) is 1.42. The first kappa shape index (κ1) is 10.8. The third-order valence-corrected chi connectivity index (χ3v) is 2.31. The van der Waals surface area contributed by atoms with Crippen LogP contribution in [0.4, 0.5) is 0 Å². The zero-order chi connectivity index (χ0) is 10.6. The Bertz CT molecular complexity index is 312. The maximum Gasteiger partial charge on any atom is 0.0893 e. The SMILES string of the molecule is CCc1ccc(/C(=N/O)C(C)C)cc1. The Balaban J connectivity index is 2.96. The monoisotopic (exact) mass is 191 g/mol. The van der Waals surface area contributed by atoms with Gasteiger partial charge >= 0.3 is 0 Å². The minimum Gasteiger partial charge on any atom is -0.411 e. The van der Waals surface area contributed by atoms with Crippen molar-refractivity contribution in [2.75, 3.05) is 0 Å². The highest BCUT2D eigenvalue weighted by molar-refractivity contribution is 6.01. The molecule has 1 aromatic rings. The van der Waals surface area contributed by atoms with Crippen LogP contribution in [-0.2, 0) is 6.42 Å². The lowest BCUT2D eigenvalue weighted by atomic mass is 9.99. The first-order valence-electron chi connectivity index (χ1n) is 5.00. The molecule has 0 spiro atoms. The van der Waals surface area contributed by atoms with Gasteiger partial charge in [0.05, 0.1) is 5.71 Å². The molecule has 0 unspecified atom stereocenters. The normalized spacial score (nSPS) is 12.1. The second-order valence-corrected chi connectivity index (χ2v) is 3.69. The summed E-state index contributed by atoms with van der Waals surface area (Å²) in [6.45, 7) is 6.16. The van der Waals surface area contributed by atoms with Gasteiger partial charge in [-0.25, -0.2) is 0 Å². The third kappa shape index (κ3) is 2.34. The van der Waals surface area contributed by atoms with E-state index in [9.17, 15) is 0 Å². The van der Waals surface area contributed by atoms with Gasteiger partial charge in [0.1, 0.15) is 0 Å². The summed E-state index contributed by atoms with van der Waals surface area (Å²) in [6, 6.07) is 8.16. The molecule has 0 aromatic heterocycles. The van der Waals surface area contributed by atoms with E-state index in [1.54, 1.807) is 0 Å². The van der Waals surface area contributed by atoms with Crippen LogP contribution in [0.2, 0.25) is 0 Å². The van der Waals surface area contributed by atoms with Crippen molar-refractivity contribution in [1.82, 2.24) is 0 Å². The average Bonchev–Trinajstić information content (AvgIpc) is 2.19. The van der Waals surface area contributed by atoms with Gasteiger partial charge in [0.2, 0.25) is 0 Å². The van der Waals surface area contributed by atoms with E-state index < -0.39 is 0 Å². The van der Waals surface area contributed by atoms with E-state index in [2.05, 4.69) is 24.2 Å². The molecule has 0 aliphatic carbocycles. The van der Waals surface area contributed by atoms with Gasteiger partial charge in [-0.1, -0.05) is 50.2 Å². The number of nitrogens with zero attached hydrogens (tertiary/aromatic N) is 1. The van der Waals surface area contributed by atoms with Crippen molar-refractivity contribution in [1.29, 1.82) is 0 Å². The molecule has 0 saturated carbocycles. The van der Waals surface area contributed by atoms with Crippen LogP contribution in [0.15, 0.2) is 29.4 Å². The van der Waals surface area contributed by atoms with Crippen molar-refractivity contribution in [3.63, 3.8) is 0 Å². The molecule has 76 valence electrons. The summed E-state index contributed by atoms with van der Waals surface area (Å²) in [5, 5.41) is 12.2. The highest BCUT2D eigenvalue weighted by Gasteiger charge is 2.08. The van der Waals surface area contributed by atoms with Gasteiger partial charge in [-0.05, 0) is 23.5 Å². The van der Waals surface area contributed by atoms with Crippen LogP contribution >= 0.6 is 0 Å². The van der Waals surface area contributed by atoms with Gasteiger partial charge in [-0.2, -0.15) is 0 Å². The molecule has 1 aromatic carbocycles. The molecule has 0 amide bonds. The van der Waals surface area contributed by atoms with Crippen LogP contribution in [0.5, 0.6) is 0 Å². The zero-order valence-electron chi connectivity index (χ0n) is 8.99. The number of hydrogen-bond acceptors (Lipinski definition) is 2. The first-order chi connectivity index (χ1) is 6.69. The second kappa shape index (κ2) is 4.80. The molecule has 0 radical (unpaired) electrons. The van der Waals surface area contributed by atoms with Gasteiger partial charge in [0, 0.05) is 0 Å². The van der Waals surface area contributed by atoms with Crippen LogP contribution in [0.1, 0.15) is 31.9 Å². The lowest BCUT2D eigenvalue weighted by Crippen LogP contribution is -2.09. The Morgan fingerprint density at radius 2 is 1.86 bits per heavy atom. The molecule has 0 bridgehead atoms. The molecule has 14 heavy (non-hydrogen) atoms. The fourth-order valence-corrected chi connectivity index (χ4v) is 1.42. The van der Waals surface area contributed by atoms with E-state index >= 15 is 0 Å². The van der Waals surface area contributed by atoms with E-state index in [4.69, 9.17) is 5.21 Å². The highest BCUT2D eigenvalue weighted by atomic mass is 16.4. The number of benzene rings is 1. The summed E-state index contributed by atoms with van der Waals surface area (Å²) in [6.07, 6.45) is 1.04. The summed E-state index contributed by atoms with van der Waals surface area (Å²) in [5.41, 5.74) is 3.04. The van der Waals surface area contributed by atoms with E-state index in [-0.39, 0.29) is 5.92 Å². The number of hydrogen-bond donors (Lipinski definition) is 1. The summed E-state index contributed by atoms with van der Waals surface area (Å²) in [7, 11) is 0. The molecular weight excluding hydrogens is 174 g/mol. The van der Waals surface area contributed by atoms with E-state index in [0.717, 1.165) is 17.7 Å². The Kier molecular flexibility index (Phi) is 3.69. The Hall–Kier alpha value is -1.31. The molecular formula is C12H17NO. The smallest absolute Gasteiger partial charge is 0.0893 e. The summed E-state index contributed by atoms with van der Waals surface area (Å²) < 4.78 is 0. The summed E-state index contributed by atoms with van der Waals surface area (Å²) in [4.78, 5) is 0. The molecule has 0 atom stereocenters. The Morgan fingerprint density at radius 3 is 2.21 bits per heavy atom. The first-order valence-corrected chi connectivity index (χ1v) is 5.00. The van der Waals surface area contributed by atoms with Crippen molar-refractivity contribution in [2.24, 2.45) is 11.1 Å². The maximum absolute atomic E-state index is 8.86. The molecule has 0 heterocycles. The van der Waals surface area contributed by atoms with Gasteiger partial charge in [-0.3, -0.25) is 0 Å². The predicted molar refractivity (Wildman–Crippen MR) is 59.0 cm³/mol. The predicted octanol–water partition coefficient (Wildman–Crippen LogP) is 3.08. The zero-order valence-corrected chi connectivity index (χ0v) is 8.99. The maximum atomic E-state index is 8.86. The van der Waals surface area contributed by atoms with Crippen LogP contribution in [-0.4, -0.2) is 10.9 Å². The van der Waals surface area contributed by atoms with Crippen molar-refractivity contribution in [3.8, 4) is 0 Å². The quantitative estimate of drug-likeness (QED) is 0.444. The Labute approximate surface area is 85.3 Å². The summed E-state index contributed by atoms with van der Waals surface area (Å²) in [5.74, 6) is 0.243. The van der Waals surface area contributed by atoms with Crippen LogP contribution < -0.4 is 0 Å². The van der Waals surface area contributed by atoms with Crippen molar-refractivity contribution >= 4 is 5.71 Å². The van der Waals surface area contributed by atoms with E-state index in [1.807, 2.05) is 26.0 Å². The standard InChI is InChI=1S/C12H17NO/c1-4-10-5-7-11(8-6-10)12(13-14)9(2)3/h5-9,14H,4H2,1-3H3/b13-12+. The molecule has 1 rings (SSSR count). The van der Waals surface area contributed by atoms with Crippen LogP contribution in [0, 0.1) is 5.92 Å². The summed E-state index contributed by atoms with van der Waals surface area (Å²) >= 11 is 0. The van der Waals surface area contributed by atoms with Crippen molar-refractivity contribution < 1.29 is 5.21 Å². The minimum absolute atomic E-state index is 0.243. The lowest BCUT2D eigenvalue weighted by Gasteiger charge is -2.08. The van der Waals surface area contributed by atoms with E-state index in [0.29, 0.717) is 0 Å². The lowest BCUT2D eigenvalue weighted by molar-refractivity contribution is 0.316. The second-order valence-electron chi connectivity index (χ2n) is 3.69. The van der Waals surface area contributed by atoms with Gasteiger partial charge in [0.15, 0.2) is 0 Å². The number of aryl methyl sites for hydroxylation is 1. The number of rotatable bonds is 3. The molecule has 0 fully saturated rings. The van der Waals surface area contributed by atoms with Crippen LogP contribution in [0.3, 0.4) is 0 Å². The van der Waals surface area contributed by atoms with Gasteiger partial charge < -0.3 is 5.21 Å². The highest BCUT2D eigenvalue weighted by Crippen LogP contribution is 2.11. The van der Waals surface area contributed by atoms with Gasteiger partial charge in [-0.15, -0.1) is 0 Å². The molecule has 0 saturated heterocycles. The number of oxime groups is 1.